The van der Waals surface area contributed by atoms with Crippen LogP contribution in [0.15, 0.2) is 24.5 Å². The second-order valence-corrected chi connectivity index (χ2v) is 2.89. The van der Waals surface area contributed by atoms with E-state index < -0.39 is 0 Å². The number of amides is 1. The van der Waals surface area contributed by atoms with E-state index in [0.29, 0.717) is 6.54 Å². The summed E-state index contributed by atoms with van der Waals surface area (Å²) in [5.41, 5.74) is 1.07. The Kier molecular flexibility index (Phi) is 4.84. The lowest BCUT2D eigenvalue weighted by Gasteiger charge is -2.03. The molecule has 1 aromatic heterocycles. The van der Waals surface area contributed by atoms with Crippen molar-refractivity contribution in [1.82, 2.24) is 15.6 Å². The van der Waals surface area contributed by atoms with Crippen molar-refractivity contribution in [2.75, 3.05) is 13.1 Å². The molecule has 0 saturated heterocycles. The quantitative estimate of drug-likeness (QED) is 0.652. The minimum atomic E-state index is -0.175. The highest BCUT2D eigenvalue weighted by molar-refractivity contribution is 5.78. The van der Waals surface area contributed by atoms with Crippen LogP contribution in [0.3, 0.4) is 0 Å². The zero-order valence-electron chi connectivity index (χ0n) is 8.23. The fraction of sp³-hybridized carbons (Fsp3) is 0.300. The van der Waals surface area contributed by atoms with Gasteiger partial charge in [0, 0.05) is 18.9 Å². The average Bonchev–Trinajstić information content (AvgIpc) is 2.28. The molecule has 0 fully saturated rings. The maximum atomic E-state index is 11.1. The van der Waals surface area contributed by atoms with E-state index in [1.165, 1.54) is 0 Å². The number of nitriles is 1. The van der Waals surface area contributed by atoms with Crippen LogP contribution in [-0.2, 0) is 11.3 Å². The molecule has 78 valence electrons. The fourth-order valence-corrected chi connectivity index (χ4v) is 1.02. The van der Waals surface area contributed by atoms with Crippen LogP contribution in [0.1, 0.15) is 5.56 Å². The first-order valence-electron chi connectivity index (χ1n) is 4.56. The monoisotopic (exact) mass is 204 g/mol. The summed E-state index contributed by atoms with van der Waals surface area (Å²) in [5.74, 6) is -0.175. The molecule has 0 aliphatic rings. The molecule has 0 unspecified atom stereocenters. The SMILES string of the molecule is N#CCNC(=O)CNCc1ccncc1. The fourth-order valence-electron chi connectivity index (χ4n) is 1.02. The highest BCUT2D eigenvalue weighted by Crippen LogP contribution is 1.93. The van der Waals surface area contributed by atoms with E-state index in [1.54, 1.807) is 12.4 Å². The van der Waals surface area contributed by atoms with Crippen molar-refractivity contribution >= 4 is 5.91 Å². The van der Waals surface area contributed by atoms with E-state index in [0.717, 1.165) is 5.56 Å². The van der Waals surface area contributed by atoms with Crippen molar-refractivity contribution < 1.29 is 4.79 Å². The van der Waals surface area contributed by atoms with Gasteiger partial charge in [0.25, 0.3) is 0 Å². The van der Waals surface area contributed by atoms with Crippen molar-refractivity contribution in [3.63, 3.8) is 0 Å². The summed E-state index contributed by atoms with van der Waals surface area (Å²) in [6, 6.07) is 5.59. The Hall–Kier alpha value is -1.93. The molecule has 0 aromatic carbocycles. The molecule has 0 aliphatic heterocycles. The molecule has 1 rings (SSSR count). The van der Waals surface area contributed by atoms with Crippen LogP contribution in [0, 0.1) is 11.3 Å². The van der Waals surface area contributed by atoms with Gasteiger partial charge in [-0.2, -0.15) is 5.26 Å². The number of hydrogen-bond donors (Lipinski definition) is 2. The van der Waals surface area contributed by atoms with E-state index in [-0.39, 0.29) is 19.0 Å². The minimum absolute atomic E-state index is 0.0514. The number of carbonyl (C=O) groups excluding carboxylic acids is 1. The van der Waals surface area contributed by atoms with Crippen LogP contribution in [0.2, 0.25) is 0 Å². The van der Waals surface area contributed by atoms with Gasteiger partial charge in [-0.3, -0.25) is 9.78 Å². The Morgan fingerprint density at radius 3 is 2.87 bits per heavy atom. The number of carbonyl (C=O) groups is 1. The van der Waals surface area contributed by atoms with Gasteiger partial charge in [0.05, 0.1) is 12.6 Å². The standard InChI is InChI=1S/C10H12N4O/c11-3-6-14-10(15)8-13-7-9-1-4-12-5-2-9/h1-2,4-5,13H,6-8H2,(H,14,15). The van der Waals surface area contributed by atoms with Crippen molar-refractivity contribution in [1.29, 1.82) is 5.26 Å². The number of aromatic nitrogens is 1. The van der Waals surface area contributed by atoms with Crippen LogP contribution < -0.4 is 10.6 Å². The minimum Gasteiger partial charge on any atom is -0.342 e. The van der Waals surface area contributed by atoms with Gasteiger partial charge in [-0.15, -0.1) is 0 Å². The molecular formula is C10H12N4O. The lowest BCUT2D eigenvalue weighted by molar-refractivity contribution is -0.120. The zero-order valence-corrected chi connectivity index (χ0v) is 8.23. The Morgan fingerprint density at radius 2 is 2.20 bits per heavy atom. The summed E-state index contributed by atoms with van der Waals surface area (Å²) in [6.07, 6.45) is 3.40. The maximum absolute atomic E-state index is 11.1. The number of rotatable bonds is 5. The number of pyridine rings is 1. The van der Waals surface area contributed by atoms with Crippen LogP contribution in [-0.4, -0.2) is 24.0 Å². The van der Waals surface area contributed by atoms with Gasteiger partial charge in [0.2, 0.25) is 5.91 Å². The van der Waals surface area contributed by atoms with Gasteiger partial charge >= 0.3 is 0 Å². The van der Waals surface area contributed by atoms with Crippen LogP contribution in [0.25, 0.3) is 0 Å². The van der Waals surface area contributed by atoms with E-state index >= 15 is 0 Å². The van der Waals surface area contributed by atoms with Crippen LogP contribution in [0.4, 0.5) is 0 Å². The molecule has 0 saturated carbocycles. The van der Waals surface area contributed by atoms with Crippen LogP contribution in [0.5, 0.6) is 0 Å². The lowest BCUT2D eigenvalue weighted by atomic mass is 10.3. The van der Waals surface area contributed by atoms with Gasteiger partial charge in [-0.1, -0.05) is 0 Å². The summed E-state index contributed by atoms with van der Waals surface area (Å²) in [7, 11) is 0. The largest absolute Gasteiger partial charge is 0.342 e. The topological polar surface area (TPSA) is 77.8 Å². The van der Waals surface area contributed by atoms with E-state index in [2.05, 4.69) is 15.6 Å². The lowest BCUT2D eigenvalue weighted by Crippen LogP contribution is -2.33. The third-order valence-electron chi connectivity index (χ3n) is 1.73. The van der Waals surface area contributed by atoms with E-state index in [1.807, 2.05) is 18.2 Å². The smallest absolute Gasteiger partial charge is 0.234 e. The van der Waals surface area contributed by atoms with Crippen LogP contribution >= 0.6 is 0 Å². The maximum Gasteiger partial charge on any atom is 0.234 e. The zero-order chi connectivity index (χ0) is 10.9. The molecule has 2 N–H and O–H groups in total. The Bertz CT molecular complexity index is 344. The third kappa shape index (κ3) is 4.74. The predicted octanol–water partition coefficient (Wildman–Crippen LogP) is -0.189. The first-order chi connectivity index (χ1) is 7.33. The highest BCUT2D eigenvalue weighted by atomic mass is 16.1. The first kappa shape index (κ1) is 11.1. The Balaban J connectivity index is 2.17. The summed E-state index contributed by atoms with van der Waals surface area (Å²) < 4.78 is 0. The molecule has 0 aliphatic carbocycles. The molecule has 0 spiro atoms. The molecule has 1 aromatic rings. The summed E-state index contributed by atoms with van der Waals surface area (Å²) in [6.45, 7) is 0.877. The van der Waals surface area contributed by atoms with Crippen molar-refractivity contribution in [3.05, 3.63) is 30.1 Å². The summed E-state index contributed by atoms with van der Waals surface area (Å²) >= 11 is 0. The molecule has 1 amide bonds. The van der Waals surface area contributed by atoms with Crippen molar-refractivity contribution in [2.24, 2.45) is 0 Å². The highest BCUT2D eigenvalue weighted by Gasteiger charge is 1.98. The van der Waals surface area contributed by atoms with Gasteiger partial charge in [-0.25, -0.2) is 0 Å². The van der Waals surface area contributed by atoms with Crippen molar-refractivity contribution in [2.45, 2.75) is 6.54 Å². The molecule has 0 atom stereocenters. The number of hydrogen-bond acceptors (Lipinski definition) is 4. The molecule has 15 heavy (non-hydrogen) atoms. The van der Waals surface area contributed by atoms with Gasteiger partial charge in [-0.05, 0) is 17.7 Å². The number of nitrogens with one attached hydrogen (secondary N) is 2. The normalized spacial score (nSPS) is 9.27. The number of nitrogens with zero attached hydrogens (tertiary/aromatic N) is 2. The van der Waals surface area contributed by atoms with E-state index in [4.69, 9.17) is 5.26 Å². The van der Waals surface area contributed by atoms with E-state index in [9.17, 15) is 4.79 Å². The molecule has 1 heterocycles. The predicted molar refractivity (Wildman–Crippen MR) is 54.6 cm³/mol. The second kappa shape index (κ2) is 6.51. The summed E-state index contributed by atoms with van der Waals surface area (Å²) in [5, 5.41) is 13.6. The Morgan fingerprint density at radius 1 is 1.47 bits per heavy atom. The average molecular weight is 204 g/mol. The second-order valence-electron chi connectivity index (χ2n) is 2.89. The third-order valence-corrected chi connectivity index (χ3v) is 1.73. The van der Waals surface area contributed by atoms with Gasteiger partial charge < -0.3 is 10.6 Å². The molecule has 5 heteroatoms. The van der Waals surface area contributed by atoms with Gasteiger partial charge in [0.15, 0.2) is 0 Å². The molecular weight excluding hydrogens is 192 g/mol. The van der Waals surface area contributed by atoms with Gasteiger partial charge in [0.1, 0.15) is 6.54 Å². The molecule has 0 bridgehead atoms. The Labute approximate surface area is 88.1 Å². The molecule has 5 nitrogen and oxygen atoms in total. The van der Waals surface area contributed by atoms with Crippen molar-refractivity contribution in [3.8, 4) is 6.07 Å². The summed E-state index contributed by atoms with van der Waals surface area (Å²) in [4.78, 5) is 14.9. The molecule has 0 radical (unpaired) electrons. The first-order valence-corrected chi connectivity index (χ1v) is 4.56.